The van der Waals surface area contributed by atoms with Crippen molar-refractivity contribution in [3.05, 3.63) is 35.9 Å². The Balaban J connectivity index is 1.73. The molecule has 0 bridgehead atoms. The maximum atomic E-state index is 12.6. The predicted octanol–water partition coefficient (Wildman–Crippen LogP) is -0.928. The lowest BCUT2D eigenvalue weighted by Gasteiger charge is -2.53. The minimum atomic E-state index is -1.77. The van der Waals surface area contributed by atoms with Crippen molar-refractivity contribution in [3.63, 3.8) is 0 Å². The van der Waals surface area contributed by atoms with Gasteiger partial charge in [0.15, 0.2) is 11.3 Å². The Kier molecular flexibility index (Phi) is 5.51. The van der Waals surface area contributed by atoms with Gasteiger partial charge in [-0.25, -0.2) is 0 Å². The zero-order valence-corrected chi connectivity index (χ0v) is 16.1. The predicted molar refractivity (Wildman–Crippen MR) is 101 cm³/mol. The summed E-state index contributed by atoms with van der Waals surface area (Å²) in [5.74, 6) is -6.33. The third kappa shape index (κ3) is 3.41. The van der Waals surface area contributed by atoms with Gasteiger partial charge in [0.1, 0.15) is 11.4 Å². The molecule has 3 unspecified atom stereocenters. The number of aliphatic carboxylic acids is 2. The van der Waals surface area contributed by atoms with Gasteiger partial charge in [-0.2, -0.15) is 0 Å². The second kappa shape index (κ2) is 7.74. The van der Waals surface area contributed by atoms with Gasteiger partial charge in [0.25, 0.3) is 0 Å². The SMILES string of the molecule is CNC(=O)C1(C(=O)O)CS[C@@H]2C(NC(=O)C(C(=O)O)c3ccccc3)C(=O)N2C1. The number of benzene rings is 1. The van der Waals surface area contributed by atoms with Crippen LogP contribution in [0.5, 0.6) is 0 Å². The van der Waals surface area contributed by atoms with E-state index in [1.54, 1.807) is 18.2 Å². The van der Waals surface area contributed by atoms with Crippen molar-refractivity contribution < 1.29 is 34.2 Å². The maximum absolute atomic E-state index is 12.6. The van der Waals surface area contributed by atoms with E-state index in [0.29, 0.717) is 0 Å². The highest BCUT2D eigenvalue weighted by Crippen LogP contribution is 2.42. The molecule has 2 saturated heterocycles. The van der Waals surface area contributed by atoms with E-state index in [0.717, 1.165) is 11.8 Å². The van der Waals surface area contributed by atoms with E-state index < -0.39 is 52.4 Å². The number of nitrogens with one attached hydrogen (secondary N) is 2. The summed E-state index contributed by atoms with van der Waals surface area (Å²) in [6, 6.07) is 6.94. The first-order chi connectivity index (χ1) is 13.7. The van der Waals surface area contributed by atoms with Gasteiger partial charge in [-0.15, -0.1) is 11.8 Å². The molecule has 2 fully saturated rings. The summed E-state index contributed by atoms with van der Waals surface area (Å²) >= 11 is 1.06. The summed E-state index contributed by atoms with van der Waals surface area (Å²) in [5, 5.41) is 23.2. The number of rotatable bonds is 6. The van der Waals surface area contributed by atoms with E-state index in [-0.39, 0.29) is 17.9 Å². The monoisotopic (exact) mass is 421 g/mol. The van der Waals surface area contributed by atoms with Crippen LogP contribution in [-0.2, 0) is 24.0 Å². The number of carboxylic acids is 2. The lowest BCUT2D eigenvalue weighted by atomic mass is 9.86. The second-order valence-corrected chi connectivity index (χ2v) is 7.91. The highest BCUT2D eigenvalue weighted by molar-refractivity contribution is 8.00. The molecule has 2 aliphatic heterocycles. The Morgan fingerprint density at radius 3 is 2.41 bits per heavy atom. The van der Waals surface area contributed by atoms with E-state index in [1.807, 2.05) is 0 Å². The molecule has 0 aromatic heterocycles. The minimum absolute atomic E-state index is 0.0795. The maximum Gasteiger partial charge on any atom is 0.321 e. The van der Waals surface area contributed by atoms with Crippen LogP contribution in [0.1, 0.15) is 11.5 Å². The van der Waals surface area contributed by atoms with Crippen LogP contribution in [0.4, 0.5) is 0 Å². The summed E-state index contributed by atoms with van der Waals surface area (Å²) < 4.78 is 0. The van der Waals surface area contributed by atoms with Crippen molar-refractivity contribution in [1.82, 2.24) is 15.5 Å². The lowest BCUT2D eigenvalue weighted by molar-refractivity contribution is -0.163. The van der Waals surface area contributed by atoms with E-state index in [1.165, 1.54) is 24.1 Å². The first kappa shape index (κ1) is 20.6. The number of thioether (sulfide) groups is 1. The fraction of sp³-hybridized carbons (Fsp3) is 0.389. The minimum Gasteiger partial charge on any atom is -0.480 e. The Labute approximate surface area is 169 Å². The number of amides is 3. The molecule has 0 saturated carbocycles. The topological polar surface area (TPSA) is 153 Å². The average Bonchev–Trinajstić information content (AvgIpc) is 2.71. The number of hydrogen-bond donors (Lipinski definition) is 4. The number of carbonyl (C=O) groups excluding carboxylic acids is 3. The summed E-state index contributed by atoms with van der Waals surface area (Å²) in [7, 11) is 1.32. The average molecular weight is 421 g/mol. The fourth-order valence-electron chi connectivity index (χ4n) is 3.47. The van der Waals surface area contributed by atoms with E-state index in [9.17, 15) is 34.2 Å². The molecule has 0 aliphatic carbocycles. The molecule has 1 aromatic carbocycles. The largest absolute Gasteiger partial charge is 0.480 e. The number of fused-ring (bicyclic) bond motifs is 1. The van der Waals surface area contributed by atoms with Crippen molar-refractivity contribution in [3.8, 4) is 0 Å². The normalized spacial score (nSPS) is 26.5. The van der Waals surface area contributed by atoms with Crippen molar-refractivity contribution in [2.45, 2.75) is 17.3 Å². The molecule has 0 radical (unpaired) electrons. The Hall–Kier alpha value is -3.08. The molecule has 154 valence electrons. The van der Waals surface area contributed by atoms with E-state index in [2.05, 4.69) is 10.6 Å². The van der Waals surface area contributed by atoms with Crippen molar-refractivity contribution in [2.75, 3.05) is 19.3 Å². The molecule has 1 aromatic rings. The zero-order valence-electron chi connectivity index (χ0n) is 15.3. The molecular weight excluding hydrogens is 402 g/mol. The van der Waals surface area contributed by atoms with Gasteiger partial charge in [0.2, 0.25) is 17.7 Å². The molecule has 2 heterocycles. The molecule has 3 rings (SSSR count). The van der Waals surface area contributed by atoms with Gasteiger partial charge >= 0.3 is 11.9 Å². The molecule has 3 amide bonds. The Morgan fingerprint density at radius 2 is 1.86 bits per heavy atom. The van der Waals surface area contributed by atoms with Gasteiger partial charge in [0, 0.05) is 19.3 Å². The third-order valence-corrected chi connectivity index (χ3v) is 6.62. The van der Waals surface area contributed by atoms with E-state index in [4.69, 9.17) is 0 Å². The number of carbonyl (C=O) groups is 5. The van der Waals surface area contributed by atoms with Crippen molar-refractivity contribution in [2.24, 2.45) is 5.41 Å². The molecule has 4 N–H and O–H groups in total. The Bertz CT molecular complexity index is 877. The standard InChI is InChI=1S/C18H19N3O7S/c1-19-16(26)18(17(27)28)7-21-13(23)11(14(21)29-8-18)20-12(22)10(15(24)25)9-5-3-2-4-6-9/h2-6,10-11,14H,7-8H2,1H3,(H,19,26)(H,20,22)(H,24,25)(H,27,28)/t10?,11?,14-,18?/m1/s1. The van der Waals surface area contributed by atoms with Crippen LogP contribution in [-0.4, -0.2) is 75.5 Å². The van der Waals surface area contributed by atoms with Crippen LogP contribution in [0.2, 0.25) is 0 Å². The molecule has 10 nitrogen and oxygen atoms in total. The van der Waals surface area contributed by atoms with Crippen LogP contribution in [0, 0.1) is 5.41 Å². The van der Waals surface area contributed by atoms with Crippen LogP contribution in [0.15, 0.2) is 30.3 Å². The first-order valence-electron chi connectivity index (χ1n) is 8.68. The molecule has 0 spiro atoms. The summed E-state index contributed by atoms with van der Waals surface area (Å²) in [5.41, 5.74) is -1.49. The van der Waals surface area contributed by atoms with Gasteiger partial charge < -0.3 is 25.7 Å². The smallest absolute Gasteiger partial charge is 0.321 e. The van der Waals surface area contributed by atoms with Gasteiger partial charge in [-0.3, -0.25) is 24.0 Å². The summed E-state index contributed by atoms with van der Waals surface area (Å²) in [6.45, 7) is -0.314. The van der Waals surface area contributed by atoms with Crippen molar-refractivity contribution in [1.29, 1.82) is 0 Å². The van der Waals surface area contributed by atoms with Crippen molar-refractivity contribution >= 4 is 41.4 Å². The summed E-state index contributed by atoms with van der Waals surface area (Å²) in [6.07, 6.45) is 0. The zero-order chi connectivity index (χ0) is 21.3. The molecule has 29 heavy (non-hydrogen) atoms. The van der Waals surface area contributed by atoms with Gasteiger partial charge in [0.05, 0.1) is 0 Å². The third-order valence-electron chi connectivity index (χ3n) is 5.09. The molecule has 2 aliphatic rings. The molecule has 11 heteroatoms. The highest BCUT2D eigenvalue weighted by atomic mass is 32.2. The fourth-order valence-corrected chi connectivity index (χ4v) is 5.00. The van der Waals surface area contributed by atoms with Crippen LogP contribution < -0.4 is 10.6 Å². The van der Waals surface area contributed by atoms with Crippen LogP contribution >= 0.6 is 11.8 Å². The number of β-lactam (4-membered cyclic amide) rings is 1. The highest BCUT2D eigenvalue weighted by Gasteiger charge is 2.60. The van der Waals surface area contributed by atoms with Crippen LogP contribution in [0.25, 0.3) is 0 Å². The lowest BCUT2D eigenvalue weighted by Crippen LogP contribution is -2.75. The number of hydrogen-bond acceptors (Lipinski definition) is 6. The summed E-state index contributed by atoms with van der Waals surface area (Å²) in [4.78, 5) is 61.7. The quantitative estimate of drug-likeness (QED) is 0.340. The van der Waals surface area contributed by atoms with E-state index >= 15 is 0 Å². The first-order valence-corrected chi connectivity index (χ1v) is 9.73. The van der Waals surface area contributed by atoms with Crippen LogP contribution in [0.3, 0.4) is 0 Å². The van der Waals surface area contributed by atoms with Gasteiger partial charge in [-0.1, -0.05) is 30.3 Å². The molecular formula is C18H19N3O7S. The second-order valence-electron chi connectivity index (χ2n) is 6.80. The molecule has 4 atom stereocenters. The number of carboxylic acid groups (broad SMARTS) is 2. The number of nitrogens with zero attached hydrogens (tertiary/aromatic N) is 1. The van der Waals surface area contributed by atoms with Gasteiger partial charge in [-0.05, 0) is 5.56 Å². The Morgan fingerprint density at radius 1 is 1.21 bits per heavy atom.